The number of ether oxygens (including phenoxy) is 1. The highest BCUT2D eigenvalue weighted by molar-refractivity contribution is 6.42. The van der Waals surface area contributed by atoms with Crippen LogP contribution in [0.3, 0.4) is 0 Å². The van der Waals surface area contributed by atoms with Gasteiger partial charge in [-0.2, -0.15) is 0 Å². The van der Waals surface area contributed by atoms with Gasteiger partial charge in [-0.3, -0.25) is 0 Å². The van der Waals surface area contributed by atoms with E-state index in [0.717, 1.165) is 13.2 Å². The van der Waals surface area contributed by atoms with Crippen molar-refractivity contribution >= 4 is 23.2 Å². The average molecular weight is 314 g/mol. The SMILES string of the molecule is CCOC[C@@H]1[C@@H]2CC[C@H](C[C@H]1c1ccc(Cl)c(Cl)c1)N2. The summed E-state index contributed by atoms with van der Waals surface area (Å²) in [5, 5.41) is 5.03. The molecule has 0 saturated carbocycles. The van der Waals surface area contributed by atoms with Gasteiger partial charge in [0.25, 0.3) is 0 Å². The van der Waals surface area contributed by atoms with E-state index in [1.165, 1.54) is 24.8 Å². The Labute approximate surface area is 130 Å². The quantitative estimate of drug-likeness (QED) is 0.897. The molecule has 1 N–H and O–H groups in total. The van der Waals surface area contributed by atoms with Gasteiger partial charge in [0.05, 0.1) is 16.7 Å². The second kappa shape index (κ2) is 6.23. The summed E-state index contributed by atoms with van der Waals surface area (Å²) in [5.41, 5.74) is 1.31. The van der Waals surface area contributed by atoms with Gasteiger partial charge in [0.1, 0.15) is 0 Å². The van der Waals surface area contributed by atoms with Gasteiger partial charge in [-0.05, 0) is 49.8 Å². The van der Waals surface area contributed by atoms with Gasteiger partial charge in [0.2, 0.25) is 0 Å². The lowest BCUT2D eigenvalue weighted by Crippen LogP contribution is -2.46. The fourth-order valence-electron chi connectivity index (χ4n) is 3.75. The smallest absolute Gasteiger partial charge is 0.0595 e. The Bertz CT molecular complexity index is 480. The number of hydrogen-bond acceptors (Lipinski definition) is 2. The maximum Gasteiger partial charge on any atom is 0.0595 e. The Hall–Kier alpha value is -0.280. The summed E-state index contributed by atoms with van der Waals surface area (Å²) in [6.07, 6.45) is 3.72. The lowest BCUT2D eigenvalue weighted by atomic mass is 9.77. The van der Waals surface area contributed by atoms with Gasteiger partial charge >= 0.3 is 0 Å². The Kier molecular flexibility index (Phi) is 4.56. The first kappa shape index (κ1) is 14.6. The molecule has 2 bridgehead atoms. The predicted molar refractivity (Wildman–Crippen MR) is 83.7 cm³/mol. The van der Waals surface area contributed by atoms with E-state index in [-0.39, 0.29) is 0 Å². The van der Waals surface area contributed by atoms with Crippen LogP contribution in [0.25, 0.3) is 0 Å². The molecule has 0 aromatic heterocycles. The molecule has 0 amide bonds. The van der Waals surface area contributed by atoms with Crippen LogP contribution < -0.4 is 5.32 Å². The van der Waals surface area contributed by atoms with Crippen molar-refractivity contribution in [2.75, 3.05) is 13.2 Å². The largest absolute Gasteiger partial charge is 0.381 e. The van der Waals surface area contributed by atoms with Crippen LogP contribution in [-0.2, 0) is 4.74 Å². The van der Waals surface area contributed by atoms with E-state index in [1.807, 2.05) is 12.1 Å². The summed E-state index contributed by atoms with van der Waals surface area (Å²) in [7, 11) is 0. The van der Waals surface area contributed by atoms with Crippen LogP contribution in [0, 0.1) is 5.92 Å². The molecular formula is C16H21Cl2NO. The Balaban J connectivity index is 1.85. The highest BCUT2D eigenvalue weighted by atomic mass is 35.5. The fraction of sp³-hybridized carbons (Fsp3) is 0.625. The van der Waals surface area contributed by atoms with Crippen LogP contribution >= 0.6 is 23.2 Å². The minimum absolute atomic E-state index is 0.523. The monoisotopic (exact) mass is 313 g/mol. The molecule has 2 fully saturated rings. The molecule has 1 aromatic rings. The van der Waals surface area contributed by atoms with Gasteiger partial charge in [-0.1, -0.05) is 29.3 Å². The summed E-state index contributed by atoms with van der Waals surface area (Å²) >= 11 is 12.2. The van der Waals surface area contributed by atoms with Gasteiger partial charge < -0.3 is 10.1 Å². The Morgan fingerprint density at radius 2 is 2.10 bits per heavy atom. The van der Waals surface area contributed by atoms with Crippen LogP contribution in [0.5, 0.6) is 0 Å². The Morgan fingerprint density at radius 3 is 2.85 bits per heavy atom. The molecule has 2 aliphatic heterocycles. The average Bonchev–Trinajstić information content (AvgIpc) is 2.83. The molecule has 20 heavy (non-hydrogen) atoms. The maximum absolute atomic E-state index is 6.19. The highest BCUT2D eigenvalue weighted by Crippen LogP contribution is 2.42. The minimum atomic E-state index is 0.523. The molecule has 3 rings (SSSR count). The summed E-state index contributed by atoms with van der Waals surface area (Å²) in [4.78, 5) is 0. The number of piperidine rings is 1. The van der Waals surface area contributed by atoms with Gasteiger partial charge in [0, 0.05) is 24.6 Å². The molecule has 2 heterocycles. The lowest BCUT2D eigenvalue weighted by molar-refractivity contribution is 0.0723. The molecule has 0 unspecified atom stereocenters. The van der Waals surface area contributed by atoms with E-state index in [0.29, 0.717) is 34.0 Å². The van der Waals surface area contributed by atoms with E-state index in [9.17, 15) is 0 Å². The van der Waals surface area contributed by atoms with Crippen molar-refractivity contribution < 1.29 is 4.74 Å². The number of hydrogen-bond donors (Lipinski definition) is 1. The van der Waals surface area contributed by atoms with Crippen molar-refractivity contribution in [3.63, 3.8) is 0 Å². The standard InChI is InChI=1S/C16H21Cl2NO/c1-2-20-9-13-12(8-11-4-6-16(13)19-11)10-3-5-14(17)15(18)7-10/h3,5,7,11-13,16,19H,2,4,6,8-9H2,1H3/t11-,12+,13+,16+/m1/s1. The highest BCUT2D eigenvalue weighted by Gasteiger charge is 2.42. The second-order valence-electron chi connectivity index (χ2n) is 5.89. The summed E-state index contributed by atoms with van der Waals surface area (Å²) in [6, 6.07) is 7.32. The zero-order valence-electron chi connectivity index (χ0n) is 11.7. The molecule has 0 spiro atoms. The summed E-state index contributed by atoms with van der Waals surface area (Å²) < 4.78 is 5.73. The van der Waals surface area contributed by atoms with E-state index in [1.54, 1.807) is 0 Å². The first-order valence-corrected chi connectivity index (χ1v) is 8.23. The zero-order chi connectivity index (χ0) is 14.1. The van der Waals surface area contributed by atoms with Crippen LogP contribution in [0.15, 0.2) is 18.2 Å². The normalized spacial score (nSPS) is 32.5. The number of fused-ring (bicyclic) bond motifs is 2. The fourth-order valence-corrected chi connectivity index (χ4v) is 4.05. The number of rotatable bonds is 4. The third kappa shape index (κ3) is 2.85. The molecule has 4 atom stereocenters. The number of benzene rings is 1. The molecule has 0 aliphatic carbocycles. The van der Waals surface area contributed by atoms with Crippen molar-refractivity contribution in [3.8, 4) is 0 Å². The maximum atomic E-state index is 6.19. The van der Waals surface area contributed by atoms with Crippen LogP contribution in [-0.4, -0.2) is 25.3 Å². The molecule has 4 heteroatoms. The predicted octanol–water partition coefficient (Wildman–Crippen LogP) is 4.25. The van der Waals surface area contributed by atoms with Gasteiger partial charge in [-0.15, -0.1) is 0 Å². The van der Waals surface area contributed by atoms with Gasteiger partial charge in [-0.25, -0.2) is 0 Å². The van der Waals surface area contributed by atoms with Crippen molar-refractivity contribution in [2.24, 2.45) is 5.92 Å². The van der Waals surface area contributed by atoms with Crippen LogP contribution in [0.2, 0.25) is 10.0 Å². The third-order valence-electron chi connectivity index (χ3n) is 4.73. The molecule has 110 valence electrons. The number of nitrogens with one attached hydrogen (secondary N) is 1. The van der Waals surface area contributed by atoms with E-state index in [2.05, 4.69) is 18.3 Å². The zero-order valence-corrected chi connectivity index (χ0v) is 13.3. The summed E-state index contributed by atoms with van der Waals surface area (Å²) in [5.74, 6) is 1.06. The topological polar surface area (TPSA) is 21.3 Å². The minimum Gasteiger partial charge on any atom is -0.381 e. The molecule has 2 saturated heterocycles. The summed E-state index contributed by atoms with van der Waals surface area (Å²) in [6.45, 7) is 3.66. The van der Waals surface area contributed by atoms with Crippen molar-refractivity contribution in [2.45, 2.75) is 44.2 Å². The molecule has 2 nitrogen and oxygen atoms in total. The second-order valence-corrected chi connectivity index (χ2v) is 6.70. The van der Waals surface area contributed by atoms with Crippen molar-refractivity contribution in [1.82, 2.24) is 5.32 Å². The first-order valence-electron chi connectivity index (χ1n) is 7.47. The van der Waals surface area contributed by atoms with Crippen LogP contribution in [0.4, 0.5) is 0 Å². The molecule has 2 aliphatic rings. The van der Waals surface area contributed by atoms with Crippen molar-refractivity contribution in [1.29, 1.82) is 0 Å². The van der Waals surface area contributed by atoms with Crippen LogP contribution in [0.1, 0.15) is 37.7 Å². The third-order valence-corrected chi connectivity index (χ3v) is 5.47. The van der Waals surface area contributed by atoms with Crippen molar-refractivity contribution in [3.05, 3.63) is 33.8 Å². The first-order chi connectivity index (χ1) is 9.69. The number of halogens is 2. The Morgan fingerprint density at radius 1 is 1.25 bits per heavy atom. The van der Waals surface area contributed by atoms with E-state index >= 15 is 0 Å². The van der Waals surface area contributed by atoms with E-state index in [4.69, 9.17) is 27.9 Å². The molecular weight excluding hydrogens is 293 g/mol. The molecule has 1 aromatic carbocycles. The lowest BCUT2D eigenvalue weighted by Gasteiger charge is -2.38. The van der Waals surface area contributed by atoms with E-state index < -0.39 is 0 Å². The van der Waals surface area contributed by atoms with Gasteiger partial charge in [0.15, 0.2) is 0 Å². The molecule has 0 radical (unpaired) electrons.